The molecule has 0 spiro atoms. The summed E-state index contributed by atoms with van der Waals surface area (Å²) in [4.78, 5) is 23.5. The number of halogens is 1. The van der Waals surface area contributed by atoms with Crippen molar-refractivity contribution in [2.75, 3.05) is 12.4 Å². The van der Waals surface area contributed by atoms with Gasteiger partial charge in [0.25, 0.3) is 0 Å². The summed E-state index contributed by atoms with van der Waals surface area (Å²) < 4.78 is 4.66. The topological polar surface area (TPSA) is 81.4 Å². The normalized spacial score (nSPS) is 15.6. The molecule has 2 rings (SSSR count). The van der Waals surface area contributed by atoms with Crippen molar-refractivity contribution in [3.63, 3.8) is 0 Å². The summed E-state index contributed by atoms with van der Waals surface area (Å²) in [7, 11) is 1.32. The van der Waals surface area contributed by atoms with Crippen molar-refractivity contribution in [2.45, 2.75) is 31.7 Å². The Kier molecular flexibility index (Phi) is 5.14. The van der Waals surface area contributed by atoms with Gasteiger partial charge in [0.15, 0.2) is 0 Å². The lowest BCUT2D eigenvalue weighted by Gasteiger charge is -2.36. The molecule has 0 unspecified atom stereocenters. The third-order valence-corrected chi connectivity index (χ3v) is 3.60. The van der Waals surface area contributed by atoms with Gasteiger partial charge in [-0.2, -0.15) is 0 Å². The smallest absolute Gasteiger partial charge is 0.337 e. The molecule has 1 amide bonds. The molecule has 20 heavy (non-hydrogen) atoms. The predicted octanol–water partition coefficient (Wildman–Crippen LogP) is 2.02. The van der Waals surface area contributed by atoms with Gasteiger partial charge in [-0.25, -0.2) is 4.79 Å². The van der Waals surface area contributed by atoms with Crippen molar-refractivity contribution in [2.24, 2.45) is 5.73 Å². The number of carbonyl (C=O) groups excluding carboxylic acids is 2. The van der Waals surface area contributed by atoms with Crippen LogP contribution in [0.25, 0.3) is 0 Å². The van der Waals surface area contributed by atoms with Crippen LogP contribution in [0.2, 0.25) is 0 Å². The first kappa shape index (κ1) is 16.5. The van der Waals surface area contributed by atoms with E-state index >= 15 is 0 Å². The van der Waals surface area contributed by atoms with E-state index < -0.39 is 11.5 Å². The molecule has 0 atom stereocenters. The van der Waals surface area contributed by atoms with E-state index in [0.717, 1.165) is 12.0 Å². The van der Waals surface area contributed by atoms with E-state index in [2.05, 4.69) is 10.1 Å². The molecule has 1 saturated carbocycles. The van der Waals surface area contributed by atoms with Gasteiger partial charge in [-0.3, -0.25) is 4.79 Å². The van der Waals surface area contributed by atoms with Crippen LogP contribution in [0.15, 0.2) is 18.2 Å². The Morgan fingerprint density at radius 1 is 1.35 bits per heavy atom. The highest BCUT2D eigenvalue weighted by Gasteiger charge is 2.40. The summed E-state index contributed by atoms with van der Waals surface area (Å²) in [6, 6.07) is 5.05. The SMILES string of the molecule is COC(=O)c1ccc(C)c(NC(=O)C2(N)CCC2)c1.Cl. The van der Waals surface area contributed by atoms with Crippen molar-refractivity contribution in [1.82, 2.24) is 0 Å². The Balaban J connectivity index is 0.00000200. The first-order chi connectivity index (χ1) is 8.96. The van der Waals surface area contributed by atoms with E-state index in [1.165, 1.54) is 7.11 Å². The van der Waals surface area contributed by atoms with Gasteiger partial charge in [-0.05, 0) is 43.9 Å². The largest absolute Gasteiger partial charge is 0.465 e. The van der Waals surface area contributed by atoms with Gasteiger partial charge in [0.1, 0.15) is 0 Å². The molecule has 5 nitrogen and oxygen atoms in total. The zero-order valence-electron chi connectivity index (χ0n) is 11.6. The molecule has 0 bridgehead atoms. The monoisotopic (exact) mass is 298 g/mol. The second kappa shape index (κ2) is 6.24. The molecule has 1 aromatic rings. The number of hydrogen-bond donors (Lipinski definition) is 2. The van der Waals surface area contributed by atoms with Crippen LogP contribution in [0.1, 0.15) is 35.2 Å². The fraction of sp³-hybridized carbons (Fsp3) is 0.429. The summed E-state index contributed by atoms with van der Waals surface area (Å²) in [6.07, 6.45) is 2.38. The Morgan fingerprint density at radius 2 is 2.00 bits per heavy atom. The van der Waals surface area contributed by atoms with Crippen LogP contribution >= 0.6 is 12.4 Å². The molecule has 1 aliphatic carbocycles. The van der Waals surface area contributed by atoms with Gasteiger partial charge in [0, 0.05) is 5.69 Å². The number of nitrogens with two attached hydrogens (primary N) is 1. The lowest BCUT2D eigenvalue weighted by atomic mass is 9.77. The number of anilines is 1. The summed E-state index contributed by atoms with van der Waals surface area (Å²) in [5, 5.41) is 2.80. The third kappa shape index (κ3) is 3.11. The number of carbonyl (C=O) groups is 2. The zero-order valence-corrected chi connectivity index (χ0v) is 12.4. The van der Waals surface area contributed by atoms with Crippen LogP contribution in [-0.4, -0.2) is 24.5 Å². The Hall–Kier alpha value is -1.59. The van der Waals surface area contributed by atoms with Crippen molar-refractivity contribution < 1.29 is 14.3 Å². The summed E-state index contributed by atoms with van der Waals surface area (Å²) >= 11 is 0. The van der Waals surface area contributed by atoms with E-state index in [4.69, 9.17) is 5.73 Å². The van der Waals surface area contributed by atoms with E-state index in [1.807, 2.05) is 6.92 Å². The molecule has 1 aromatic carbocycles. The fourth-order valence-electron chi connectivity index (χ4n) is 2.03. The van der Waals surface area contributed by atoms with E-state index in [1.54, 1.807) is 18.2 Å². The molecule has 1 fully saturated rings. The average molecular weight is 299 g/mol. The molecular formula is C14H19ClN2O3. The molecule has 6 heteroatoms. The highest BCUT2D eigenvalue weighted by molar-refractivity contribution is 6.00. The van der Waals surface area contributed by atoms with Crippen LogP contribution < -0.4 is 11.1 Å². The summed E-state index contributed by atoms with van der Waals surface area (Å²) in [6.45, 7) is 1.86. The van der Waals surface area contributed by atoms with Gasteiger partial charge in [-0.15, -0.1) is 12.4 Å². The number of aryl methyl sites for hydroxylation is 1. The number of hydrogen-bond acceptors (Lipinski definition) is 4. The standard InChI is InChI=1S/C14H18N2O3.ClH/c1-9-4-5-10(12(17)19-2)8-11(9)16-13(18)14(15)6-3-7-14;/h4-5,8H,3,6-7,15H2,1-2H3,(H,16,18);1H. The zero-order chi connectivity index (χ0) is 14.0. The molecule has 0 heterocycles. The van der Waals surface area contributed by atoms with Crippen LogP contribution in [0, 0.1) is 6.92 Å². The third-order valence-electron chi connectivity index (χ3n) is 3.60. The molecular weight excluding hydrogens is 280 g/mol. The van der Waals surface area contributed by atoms with Crippen LogP contribution in [0.4, 0.5) is 5.69 Å². The number of amides is 1. The fourth-order valence-corrected chi connectivity index (χ4v) is 2.03. The molecule has 110 valence electrons. The van der Waals surface area contributed by atoms with Crippen molar-refractivity contribution >= 4 is 30.0 Å². The van der Waals surface area contributed by atoms with Gasteiger partial charge in [-0.1, -0.05) is 6.07 Å². The minimum atomic E-state index is -0.756. The van der Waals surface area contributed by atoms with Gasteiger partial charge in [0.05, 0.1) is 18.2 Å². The van der Waals surface area contributed by atoms with Crippen LogP contribution in [0.5, 0.6) is 0 Å². The van der Waals surface area contributed by atoms with E-state index in [9.17, 15) is 9.59 Å². The molecule has 1 aliphatic rings. The summed E-state index contributed by atoms with van der Waals surface area (Å²) in [5.41, 5.74) is 7.09. The first-order valence-corrected chi connectivity index (χ1v) is 6.25. The number of nitrogens with one attached hydrogen (secondary N) is 1. The number of methoxy groups -OCH3 is 1. The van der Waals surface area contributed by atoms with Gasteiger partial charge < -0.3 is 15.8 Å². The van der Waals surface area contributed by atoms with Crippen LogP contribution in [-0.2, 0) is 9.53 Å². The van der Waals surface area contributed by atoms with E-state index in [-0.39, 0.29) is 18.3 Å². The minimum Gasteiger partial charge on any atom is -0.465 e. The maximum absolute atomic E-state index is 12.1. The number of benzene rings is 1. The maximum atomic E-state index is 12.1. The Bertz CT molecular complexity index is 527. The number of esters is 1. The number of rotatable bonds is 3. The minimum absolute atomic E-state index is 0. The Morgan fingerprint density at radius 3 is 2.50 bits per heavy atom. The van der Waals surface area contributed by atoms with Crippen molar-refractivity contribution in [1.29, 1.82) is 0 Å². The van der Waals surface area contributed by atoms with Crippen LogP contribution in [0.3, 0.4) is 0 Å². The van der Waals surface area contributed by atoms with Gasteiger partial charge >= 0.3 is 5.97 Å². The molecule has 0 aliphatic heterocycles. The predicted molar refractivity (Wildman–Crippen MR) is 79.2 cm³/mol. The summed E-state index contributed by atoms with van der Waals surface area (Å²) in [5.74, 6) is -0.620. The highest BCUT2D eigenvalue weighted by Crippen LogP contribution is 2.30. The van der Waals surface area contributed by atoms with Crippen molar-refractivity contribution in [3.8, 4) is 0 Å². The molecule has 3 N–H and O–H groups in total. The number of ether oxygens (including phenoxy) is 1. The maximum Gasteiger partial charge on any atom is 0.337 e. The lowest BCUT2D eigenvalue weighted by molar-refractivity contribution is -0.123. The molecule has 0 saturated heterocycles. The highest BCUT2D eigenvalue weighted by atomic mass is 35.5. The first-order valence-electron chi connectivity index (χ1n) is 6.25. The van der Waals surface area contributed by atoms with E-state index in [0.29, 0.717) is 24.1 Å². The molecule has 0 aromatic heterocycles. The average Bonchev–Trinajstić information content (AvgIpc) is 2.37. The molecule has 0 radical (unpaired) electrons. The lowest BCUT2D eigenvalue weighted by Crippen LogP contribution is -2.56. The second-order valence-corrected chi connectivity index (χ2v) is 4.99. The van der Waals surface area contributed by atoms with Crippen molar-refractivity contribution in [3.05, 3.63) is 29.3 Å². The van der Waals surface area contributed by atoms with Gasteiger partial charge in [0.2, 0.25) is 5.91 Å². The Labute approximate surface area is 124 Å². The second-order valence-electron chi connectivity index (χ2n) is 4.99. The quantitative estimate of drug-likeness (QED) is 0.837.